The number of allylic oxidation sites excluding steroid dienone is 3. The van der Waals surface area contributed by atoms with Crippen molar-refractivity contribution in [3.05, 3.63) is 81.9 Å². The molecule has 1 aliphatic carbocycles. The molecule has 8 heteroatoms. The maximum atomic E-state index is 13.0. The molecular formula is C27H31N5O3. The second kappa shape index (κ2) is 10.4. The van der Waals surface area contributed by atoms with E-state index >= 15 is 0 Å². The highest BCUT2D eigenvalue weighted by Crippen LogP contribution is 2.22. The average molecular weight is 474 g/mol. The van der Waals surface area contributed by atoms with E-state index in [0.29, 0.717) is 29.9 Å². The van der Waals surface area contributed by atoms with Crippen molar-refractivity contribution in [1.29, 1.82) is 0 Å². The van der Waals surface area contributed by atoms with Gasteiger partial charge in [0.05, 0.1) is 11.1 Å². The second-order valence-corrected chi connectivity index (χ2v) is 9.42. The first-order chi connectivity index (χ1) is 17.1. The third kappa shape index (κ3) is 5.12. The molecule has 2 amide bonds. The number of piperidine rings is 1. The molecule has 0 spiro atoms. The van der Waals surface area contributed by atoms with Crippen LogP contribution in [-0.4, -0.2) is 63.4 Å². The van der Waals surface area contributed by atoms with Crippen molar-refractivity contribution in [2.24, 2.45) is 0 Å². The molecule has 2 aromatic rings. The van der Waals surface area contributed by atoms with E-state index in [0.717, 1.165) is 45.3 Å². The van der Waals surface area contributed by atoms with Crippen LogP contribution in [0.15, 0.2) is 65.3 Å². The normalized spacial score (nSPS) is 18.6. The van der Waals surface area contributed by atoms with Crippen LogP contribution in [0.1, 0.15) is 52.8 Å². The van der Waals surface area contributed by atoms with Crippen LogP contribution < -0.4 is 10.9 Å². The van der Waals surface area contributed by atoms with E-state index in [4.69, 9.17) is 0 Å². The molecule has 0 saturated carbocycles. The van der Waals surface area contributed by atoms with Crippen molar-refractivity contribution < 1.29 is 9.59 Å². The summed E-state index contributed by atoms with van der Waals surface area (Å²) in [5, 5.41) is 3.36. The topological polar surface area (TPSA) is 87.5 Å². The molecular weight excluding hydrogens is 442 g/mol. The van der Waals surface area contributed by atoms with Crippen molar-refractivity contribution in [1.82, 2.24) is 19.4 Å². The van der Waals surface area contributed by atoms with Gasteiger partial charge in [0.25, 0.3) is 17.4 Å². The fraction of sp³-hybridized carbons (Fsp3) is 0.407. The maximum Gasteiger partial charge on any atom is 0.293 e. The fourth-order valence-corrected chi connectivity index (χ4v) is 5.06. The lowest BCUT2D eigenvalue weighted by molar-refractivity contribution is 0.0650. The number of carbonyl (C=O) groups excluding carboxylic acids is 2. The summed E-state index contributed by atoms with van der Waals surface area (Å²) in [5.74, 6) is -0.165. The van der Waals surface area contributed by atoms with Gasteiger partial charge < -0.3 is 9.88 Å². The lowest BCUT2D eigenvalue weighted by atomic mass is 10.0. The lowest BCUT2D eigenvalue weighted by Gasteiger charge is -2.33. The number of aromatic nitrogens is 2. The number of likely N-dealkylation sites (tertiary alicyclic amines) is 1. The number of fused-ring (bicyclic) bond motifs is 1. The Kier molecular flexibility index (Phi) is 6.90. The van der Waals surface area contributed by atoms with Gasteiger partial charge in [0.2, 0.25) is 0 Å². The van der Waals surface area contributed by atoms with Gasteiger partial charge in [-0.2, -0.15) is 0 Å². The molecule has 1 aromatic heterocycles. The quantitative estimate of drug-likeness (QED) is 0.593. The van der Waals surface area contributed by atoms with Crippen LogP contribution in [0.3, 0.4) is 0 Å². The van der Waals surface area contributed by atoms with Gasteiger partial charge in [0, 0.05) is 51.2 Å². The number of aryl methyl sites for hydroxylation is 1. The molecule has 1 fully saturated rings. The highest BCUT2D eigenvalue weighted by molar-refractivity contribution is 6.21. The lowest BCUT2D eigenvalue weighted by Crippen LogP contribution is -2.41. The van der Waals surface area contributed by atoms with Crippen LogP contribution in [-0.2, 0) is 6.54 Å². The van der Waals surface area contributed by atoms with Crippen LogP contribution in [0.2, 0.25) is 0 Å². The Bertz CT molecular complexity index is 1190. The summed E-state index contributed by atoms with van der Waals surface area (Å²) < 4.78 is 1.60. The van der Waals surface area contributed by atoms with Gasteiger partial charge in [0.15, 0.2) is 5.82 Å². The van der Waals surface area contributed by atoms with Gasteiger partial charge in [0.1, 0.15) is 0 Å². The molecule has 1 N–H and O–H groups in total. The zero-order chi connectivity index (χ0) is 24.2. The van der Waals surface area contributed by atoms with E-state index in [1.54, 1.807) is 41.2 Å². The van der Waals surface area contributed by atoms with Gasteiger partial charge in [-0.1, -0.05) is 35.9 Å². The van der Waals surface area contributed by atoms with Crippen molar-refractivity contribution >= 4 is 17.6 Å². The average Bonchev–Trinajstić information content (AvgIpc) is 3.13. The number of benzene rings is 1. The van der Waals surface area contributed by atoms with E-state index in [2.05, 4.69) is 33.4 Å². The molecule has 35 heavy (non-hydrogen) atoms. The molecule has 1 saturated heterocycles. The van der Waals surface area contributed by atoms with Crippen LogP contribution in [0, 0.1) is 0 Å². The van der Waals surface area contributed by atoms with Crippen LogP contribution in [0.4, 0.5) is 5.82 Å². The number of nitrogens with zero attached hydrogens (tertiary/aromatic N) is 4. The number of nitrogens with one attached hydrogen (secondary N) is 1. The van der Waals surface area contributed by atoms with Crippen molar-refractivity contribution in [3.63, 3.8) is 0 Å². The number of rotatable bonds is 8. The molecule has 0 radical (unpaired) electrons. The van der Waals surface area contributed by atoms with Gasteiger partial charge >= 0.3 is 0 Å². The summed E-state index contributed by atoms with van der Waals surface area (Å²) in [6.07, 6.45) is 14.6. The zero-order valence-corrected chi connectivity index (χ0v) is 19.9. The minimum absolute atomic E-state index is 0.170. The summed E-state index contributed by atoms with van der Waals surface area (Å²) >= 11 is 0. The Morgan fingerprint density at radius 1 is 1.00 bits per heavy atom. The summed E-state index contributed by atoms with van der Waals surface area (Å²) in [4.78, 5) is 46.1. The fourth-order valence-electron chi connectivity index (χ4n) is 5.06. The van der Waals surface area contributed by atoms with Gasteiger partial charge in [-0.05, 0) is 44.2 Å². The summed E-state index contributed by atoms with van der Waals surface area (Å²) in [6.45, 7) is 3.71. The number of imide groups is 1. The summed E-state index contributed by atoms with van der Waals surface area (Å²) in [6, 6.07) is 7.09. The van der Waals surface area contributed by atoms with Crippen molar-refractivity contribution in [3.8, 4) is 0 Å². The monoisotopic (exact) mass is 473 g/mol. The third-order valence-electron chi connectivity index (χ3n) is 7.03. The van der Waals surface area contributed by atoms with Crippen molar-refractivity contribution in [2.45, 2.75) is 44.7 Å². The largest absolute Gasteiger partial charge is 0.363 e. The molecule has 1 aromatic carbocycles. The number of amides is 2. The predicted octanol–water partition coefficient (Wildman–Crippen LogP) is 3.08. The van der Waals surface area contributed by atoms with Crippen LogP contribution in [0.25, 0.3) is 0 Å². The van der Waals surface area contributed by atoms with E-state index in [1.807, 2.05) is 0 Å². The molecule has 2 aliphatic heterocycles. The molecule has 0 atom stereocenters. The highest BCUT2D eigenvalue weighted by Gasteiger charge is 2.34. The molecule has 5 rings (SSSR count). The van der Waals surface area contributed by atoms with E-state index in [-0.39, 0.29) is 30.0 Å². The standard InChI is InChI=1S/C27H31N5O3/c33-25-22-9-4-5-10-23(22)26(34)32(25)15-6-14-31-18-13-28-24(27(31)35)29-21-11-16-30(17-12-21)19-20-7-2-1-3-8-20/h1-2,4-5,7,9-10,13,18,21H,3,6,8,11-12,14-17,19H2,(H,28,29). The Morgan fingerprint density at radius 3 is 2.43 bits per heavy atom. The van der Waals surface area contributed by atoms with E-state index in [1.165, 1.54) is 10.5 Å². The second-order valence-electron chi connectivity index (χ2n) is 9.42. The number of carbonyl (C=O) groups is 2. The van der Waals surface area contributed by atoms with Gasteiger partial charge in [-0.3, -0.25) is 24.2 Å². The Morgan fingerprint density at radius 2 is 1.74 bits per heavy atom. The molecule has 3 aliphatic rings. The third-order valence-corrected chi connectivity index (χ3v) is 7.03. The number of anilines is 1. The molecule has 0 unspecified atom stereocenters. The predicted molar refractivity (Wildman–Crippen MR) is 134 cm³/mol. The summed E-state index contributed by atoms with van der Waals surface area (Å²) in [5.41, 5.74) is 2.22. The Labute approximate surface area is 204 Å². The summed E-state index contributed by atoms with van der Waals surface area (Å²) in [7, 11) is 0. The minimum atomic E-state index is -0.266. The number of hydrogen-bond donors (Lipinski definition) is 1. The molecule has 3 heterocycles. The zero-order valence-electron chi connectivity index (χ0n) is 19.9. The van der Waals surface area contributed by atoms with Crippen LogP contribution >= 0.6 is 0 Å². The maximum absolute atomic E-state index is 13.0. The number of hydrogen-bond acceptors (Lipinski definition) is 6. The van der Waals surface area contributed by atoms with Gasteiger partial charge in [-0.25, -0.2) is 4.98 Å². The van der Waals surface area contributed by atoms with Crippen LogP contribution in [0.5, 0.6) is 0 Å². The Balaban J connectivity index is 1.12. The molecule has 182 valence electrons. The highest BCUT2D eigenvalue weighted by atomic mass is 16.2. The minimum Gasteiger partial charge on any atom is -0.363 e. The first-order valence-corrected chi connectivity index (χ1v) is 12.4. The first kappa shape index (κ1) is 23.2. The van der Waals surface area contributed by atoms with Gasteiger partial charge in [-0.15, -0.1) is 0 Å². The first-order valence-electron chi connectivity index (χ1n) is 12.4. The Hall–Kier alpha value is -3.52. The SMILES string of the molecule is O=C1c2ccccc2C(=O)N1CCCn1ccnc(NC2CCN(CC3=CC=CCC3)CC2)c1=O. The molecule has 0 bridgehead atoms. The van der Waals surface area contributed by atoms with Crippen molar-refractivity contribution in [2.75, 3.05) is 31.5 Å². The van der Waals surface area contributed by atoms with E-state index in [9.17, 15) is 14.4 Å². The van der Waals surface area contributed by atoms with E-state index < -0.39 is 0 Å². The molecule has 8 nitrogen and oxygen atoms in total. The smallest absolute Gasteiger partial charge is 0.293 e.